The van der Waals surface area contributed by atoms with E-state index in [1.54, 1.807) is 6.07 Å². The van der Waals surface area contributed by atoms with Gasteiger partial charge in [-0.15, -0.1) is 0 Å². The minimum absolute atomic E-state index is 0.202. The monoisotopic (exact) mass is 356 g/mol. The van der Waals surface area contributed by atoms with Gasteiger partial charge in [0.05, 0.1) is 4.47 Å². The van der Waals surface area contributed by atoms with Gasteiger partial charge in [-0.25, -0.2) is 4.39 Å². The fraction of sp³-hybridized carbons (Fsp3) is 0.647. The first-order valence-corrected chi connectivity index (χ1v) is 8.75. The van der Waals surface area contributed by atoms with Crippen LogP contribution < -0.4 is 5.32 Å². The molecule has 2 nitrogen and oxygen atoms in total. The lowest BCUT2D eigenvalue weighted by molar-refractivity contribution is 0.165. The second-order valence-corrected chi connectivity index (χ2v) is 7.07. The normalized spacial score (nSPS) is 21.3. The molecule has 1 fully saturated rings. The topological polar surface area (TPSA) is 15.3 Å². The molecule has 1 heterocycles. The van der Waals surface area contributed by atoms with Crippen LogP contribution in [0.25, 0.3) is 0 Å². The van der Waals surface area contributed by atoms with Gasteiger partial charge in [-0.1, -0.05) is 6.92 Å². The molecule has 0 amide bonds. The van der Waals surface area contributed by atoms with Crippen molar-refractivity contribution in [3.05, 3.63) is 28.0 Å². The van der Waals surface area contributed by atoms with Crippen molar-refractivity contribution in [2.24, 2.45) is 5.92 Å². The zero-order valence-electron chi connectivity index (χ0n) is 13.3. The van der Waals surface area contributed by atoms with Gasteiger partial charge in [0, 0.05) is 18.3 Å². The molecule has 2 atom stereocenters. The van der Waals surface area contributed by atoms with Crippen molar-refractivity contribution in [1.82, 2.24) is 4.90 Å². The second kappa shape index (κ2) is 7.59. The Hall–Kier alpha value is -0.610. The van der Waals surface area contributed by atoms with Gasteiger partial charge < -0.3 is 10.2 Å². The third kappa shape index (κ3) is 4.43. The lowest BCUT2D eigenvalue weighted by atomic mass is 9.91. The number of anilines is 1. The first-order valence-electron chi connectivity index (χ1n) is 7.95. The Labute approximate surface area is 136 Å². The van der Waals surface area contributed by atoms with E-state index in [-0.39, 0.29) is 5.82 Å². The molecule has 1 aliphatic heterocycles. The fourth-order valence-electron chi connectivity index (χ4n) is 3.18. The number of hydrogen-bond acceptors (Lipinski definition) is 2. The number of nitrogens with zero attached hydrogens (tertiary/aromatic N) is 1. The molecule has 0 radical (unpaired) electrons. The Bertz CT molecular complexity index is 476. The molecule has 1 N–H and O–H groups in total. The number of aryl methyl sites for hydroxylation is 1. The number of hydrogen-bond donors (Lipinski definition) is 1. The van der Waals surface area contributed by atoms with Crippen molar-refractivity contribution in [3.63, 3.8) is 0 Å². The molecule has 1 aromatic rings. The molecule has 0 bridgehead atoms. The minimum Gasteiger partial charge on any atom is -0.382 e. The zero-order valence-corrected chi connectivity index (χ0v) is 14.8. The largest absolute Gasteiger partial charge is 0.382 e. The molecule has 21 heavy (non-hydrogen) atoms. The summed E-state index contributed by atoms with van der Waals surface area (Å²) in [5.74, 6) is 0.433. The van der Waals surface area contributed by atoms with E-state index in [0.717, 1.165) is 17.8 Å². The molecule has 1 aliphatic rings. The average molecular weight is 357 g/mol. The SMILES string of the molecule is CCCN1CCCC(C(C)Nc2cc(F)c(Br)cc2C)C1. The van der Waals surface area contributed by atoms with Crippen molar-refractivity contribution in [1.29, 1.82) is 0 Å². The summed E-state index contributed by atoms with van der Waals surface area (Å²) in [6.45, 7) is 10.0. The van der Waals surface area contributed by atoms with E-state index < -0.39 is 0 Å². The van der Waals surface area contributed by atoms with Crippen molar-refractivity contribution >= 4 is 21.6 Å². The number of rotatable bonds is 5. The zero-order chi connectivity index (χ0) is 15.4. The van der Waals surface area contributed by atoms with E-state index in [9.17, 15) is 4.39 Å². The van der Waals surface area contributed by atoms with E-state index >= 15 is 0 Å². The molecule has 1 saturated heterocycles. The predicted octanol–water partition coefficient (Wildman–Crippen LogP) is 4.82. The molecule has 4 heteroatoms. The van der Waals surface area contributed by atoms with Gasteiger partial charge in [0.2, 0.25) is 0 Å². The summed E-state index contributed by atoms with van der Waals surface area (Å²) in [5, 5.41) is 3.52. The van der Waals surface area contributed by atoms with Crippen LogP contribution in [0.4, 0.5) is 10.1 Å². The Morgan fingerprint density at radius 2 is 2.24 bits per heavy atom. The van der Waals surface area contributed by atoms with Gasteiger partial charge in [0.15, 0.2) is 0 Å². The Kier molecular flexibility index (Phi) is 6.06. The van der Waals surface area contributed by atoms with E-state index in [2.05, 4.69) is 40.0 Å². The van der Waals surface area contributed by atoms with Gasteiger partial charge in [0.1, 0.15) is 5.82 Å². The minimum atomic E-state index is -0.202. The fourth-order valence-corrected chi connectivity index (χ4v) is 3.64. The number of likely N-dealkylation sites (tertiary alicyclic amines) is 1. The maximum Gasteiger partial charge on any atom is 0.139 e. The van der Waals surface area contributed by atoms with E-state index in [4.69, 9.17) is 0 Å². The highest BCUT2D eigenvalue weighted by atomic mass is 79.9. The van der Waals surface area contributed by atoms with Crippen LogP contribution in [0.5, 0.6) is 0 Å². The number of benzene rings is 1. The molecular weight excluding hydrogens is 331 g/mol. The second-order valence-electron chi connectivity index (χ2n) is 6.22. The van der Waals surface area contributed by atoms with Crippen LogP contribution in [-0.4, -0.2) is 30.6 Å². The van der Waals surface area contributed by atoms with Gasteiger partial charge in [0.25, 0.3) is 0 Å². The predicted molar refractivity (Wildman–Crippen MR) is 91.4 cm³/mol. The lowest BCUT2D eigenvalue weighted by Gasteiger charge is -2.36. The summed E-state index contributed by atoms with van der Waals surface area (Å²) in [6, 6.07) is 3.81. The Morgan fingerprint density at radius 1 is 1.48 bits per heavy atom. The van der Waals surface area contributed by atoms with Gasteiger partial charge in [-0.05, 0) is 85.7 Å². The molecule has 0 aliphatic carbocycles. The number of halogens is 2. The molecule has 2 unspecified atom stereocenters. The maximum absolute atomic E-state index is 13.7. The van der Waals surface area contributed by atoms with Crippen LogP contribution in [-0.2, 0) is 0 Å². The summed E-state index contributed by atoms with van der Waals surface area (Å²) in [5.41, 5.74) is 1.99. The molecular formula is C17H26BrFN2. The summed E-state index contributed by atoms with van der Waals surface area (Å²) < 4.78 is 14.3. The molecule has 2 rings (SSSR count). The highest BCUT2D eigenvalue weighted by molar-refractivity contribution is 9.10. The van der Waals surface area contributed by atoms with Gasteiger partial charge >= 0.3 is 0 Å². The Morgan fingerprint density at radius 3 is 2.95 bits per heavy atom. The molecule has 0 aromatic heterocycles. The first-order chi connectivity index (χ1) is 10.0. The standard InChI is InChI=1S/C17H26BrFN2/c1-4-7-21-8-5-6-14(11-21)13(3)20-17-10-16(19)15(18)9-12(17)2/h9-10,13-14,20H,4-8,11H2,1-3H3. The molecule has 0 spiro atoms. The number of piperidine rings is 1. The van der Waals surface area contributed by atoms with Crippen LogP contribution in [0, 0.1) is 18.7 Å². The maximum atomic E-state index is 13.7. The van der Waals surface area contributed by atoms with Crippen molar-refractivity contribution in [3.8, 4) is 0 Å². The molecule has 0 saturated carbocycles. The van der Waals surface area contributed by atoms with Gasteiger partial charge in [-0.3, -0.25) is 0 Å². The molecule has 118 valence electrons. The van der Waals surface area contributed by atoms with Crippen LogP contribution in [0.2, 0.25) is 0 Å². The summed E-state index contributed by atoms with van der Waals surface area (Å²) in [6.07, 6.45) is 3.74. The van der Waals surface area contributed by atoms with Crippen LogP contribution >= 0.6 is 15.9 Å². The quantitative estimate of drug-likeness (QED) is 0.813. The van der Waals surface area contributed by atoms with Crippen molar-refractivity contribution < 1.29 is 4.39 Å². The highest BCUT2D eigenvalue weighted by Crippen LogP contribution is 2.27. The summed E-state index contributed by atoms with van der Waals surface area (Å²) in [4.78, 5) is 2.56. The third-order valence-electron chi connectivity index (χ3n) is 4.44. The van der Waals surface area contributed by atoms with E-state index in [1.165, 1.54) is 32.4 Å². The van der Waals surface area contributed by atoms with Gasteiger partial charge in [-0.2, -0.15) is 0 Å². The highest BCUT2D eigenvalue weighted by Gasteiger charge is 2.24. The third-order valence-corrected chi connectivity index (χ3v) is 5.05. The van der Waals surface area contributed by atoms with Crippen LogP contribution in [0.3, 0.4) is 0 Å². The van der Waals surface area contributed by atoms with E-state index in [1.807, 2.05) is 13.0 Å². The van der Waals surface area contributed by atoms with Crippen LogP contribution in [0.1, 0.15) is 38.7 Å². The van der Waals surface area contributed by atoms with E-state index in [0.29, 0.717) is 16.4 Å². The molecule has 1 aromatic carbocycles. The number of nitrogens with one attached hydrogen (secondary N) is 1. The summed E-state index contributed by atoms with van der Waals surface area (Å²) >= 11 is 3.24. The smallest absolute Gasteiger partial charge is 0.139 e. The first kappa shape index (κ1) is 16.8. The van der Waals surface area contributed by atoms with Crippen molar-refractivity contribution in [2.45, 2.75) is 46.1 Å². The summed E-state index contributed by atoms with van der Waals surface area (Å²) in [7, 11) is 0. The van der Waals surface area contributed by atoms with Crippen LogP contribution in [0.15, 0.2) is 16.6 Å². The Balaban J connectivity index is 2.00. The average Bonchev–Trinajstić information content (AvgIpc) is 2.45. The van der Waals surface area contributed by atoms with Crippen molar-refractivity contribution in [2.75, 3.05) is 25.0 Å². The lowest BCUT2D eigenvalue weighted by Crippen LogP contribution is -2.42.